The lowest BCUT2D eigenvalue weighted by atomic mass is 9.79. The molecule has 0 amide bonds. The number of halogens is 4. The quantitative estimate of drug-likeness (QED) is 0.558. The van der Waals surface area contributed by atoms with Gasteiger partial charge in [-0.25, -0.2) is 4.79 Å². The molecule has 158 valence electrons. The van der Waals surface area contributed by atoms with Gasteiger partial charge in [0.05, 0.1) is 17.8 Å². The fourth-order valence-electron chi connectivity index (χ4n) is 3.28. The van der Waals surface area contributed by atoms with E-state index in [-0.39, 0.29) is 18.7 Å². The van der Waals surface area contributed by atoms with E-state index in [9.17, 15) is 22.8 Å². The molecule has 30 heavy (non-hydrogen) atoms. The minimum Gasteiger partial charge on any atom is -0.306 e. The van der Waals surface area contributed by atoms with E-state index in [1.54, 1.807) is 50.4 Å². The summed E-state index contributed by atoms with van der Waals surface area (Å²) < 4.78 is 40.3. The molecule has 1 N–H and O–H groups in total. The number of aromatic amines is 1. The van der Waals surface area contributed by atoms with Crippen molar-refractivity contribution in [2.75, 3.05) is 0 Å². The number of hydrogen-bond donors (Lipinski definition) is 1. The highest BCUT2D eigenvalue weighted by molar-refractivity contribution is 6.30. The Morgan fingerprint density at radius 1 is 1.07 bits per heavy atom. The van der Waals surface area contributed by atoms with Crippen molar-refractivity contribution in [2.45, 2.75) is 38.4 Å². The van der Waals surface area contributed by atoms with Crippen molar-refractivity contribution < 1.29 is 18.0 Å². The molecule has 0 bridgehead atoms. The van der Waals surface area contributed by atoms with Crippen LogP contribution in [0.25, 0.3) is 11.3 Å². The van der Waals surface area contributed by atoms with Crippen LogP contribution >= 0.6 is 11.6 Å². The molecule has 0 aliphatic carbocycles. The Hall–Kier alpha value is -2.80. The summed E-state index contributed by atoms with van der Waals surface area (Å²) in [6.07, 6.45) is -2.92. The molecular weight excluding hydrogens is 417 g/mol. The monoisotopic (exact) mass is 436 g/mol. The summed E-state index contributed by atoms with van der Waals surface area (Å²) in [7, 11) is 0. The van der Waals surface area contributed by atoms with Crippen LogP contribution in [0.5, 0.6) is 0 Å². The van der Waals surface area contributed by atoms with Crippen LogP contribution in [-0.4, -0.2) is 15.3 Å². The topological polar surface area (TPSA) is 54.9 Å². The standard InChI is InChI=1S/C22H20ClF3N2O2/c1-21(2,15-4-3-5-16(10-15)22(24,25)26)11-18(29)12-28-13-19(27-20(28)30)14-6-8-17(23)9-7-14/h3-10,13H,11-12H2,1-2H3,(H,27,30). The molecule has 0 aliphatic heterocycles. The van der Waals surface area contributed by atoms with Crippen LogP contribution in [0.15, 0.2) is 59.5 Å². The van der Waals surface area contributed by atoms with Gasteiger partial charge in [-0.3, -0.25) is 9.36 Å². The van der Waals surface area contributed by atoms with Gasteiger partial charge in [-0.1, -0.05) is 55.8 Å². The van der Waals surface area contributed by atoms with E-state index in [1.165, 1.54) is 10.6 Å². The van der Waals surface area contributed by atoms with Crippen molar-refractivity contribution in [1.29, 1.82) is 0 Å². The van der Waals surface area contributed by atoms with Crippen LogP contribution in [0.1, 0.15) is 31.4 Å². The predicted octanol–water partition coefficient (Wildman–Crippen LogP) is 5.45. The average molecular weight is 437 g/mol. The van der Waals surface area contributed by atoms with Crippen LogP contribution in [0.2, 0.25) is 5.02 Å². The smallest absolute Gasteiger partial charge is 0.306 e. The molecule has 3 aromatic rings. The molecule has 0 saturated heterocycles. The first-order chi connectivity index (χ1) is 14.0. The van der Waals surface area contributed by atoms with Gasteiger partial charge in [-0.05, 0) is 34.7 Å². The summed E-state index contributed by atoms with van der Waals surface area (Å²) in [6, 6.07) is 11.8. The zero-order valence-electron chi connectivity index (χ0n) is 16.4. The molecule has 1 heterocycles. The first-order valence-corrected chi connectivity index (χ1v) is 9.58. The molecule has 0 atom stereocenters. The first kappa shape index (κ1) is 21.9. The summed E-state index contributed by atoms with van der Waals surface area (Å²) in [4.78, 5) is 27.5. The highest BCUT2D eigenvalue weighted by Gasteiger charge is 2.32. The van der Waals surface area contributed by atoms with Gasteiger partial charge in [0.2, 0.25) is 0 Å². The number of Topliss-reactive ketones (excluding diaryl/α,β-unsaturated/α-hetero) is 1. The minimum absolute atomic E-state index is 0.0117. The van der Waals surface area contributed by atoms with Crippen LogP contribution in [0.4, 0.5) is 13.2 Å². The Balaban J connectivity index is 1.75. The Morgan fingerprint density at radius 2 is 1.70 bits per heavy atom. The number of carbonyl (C=O) groups is 1. The molecule has 8 heteroatoms. The second kappa shape index (κ2) is 8.14. The Bertz CT molecular complexity index is 1110. The van der Waals surface area contributed by atoms with Crippen LogP contribution < -0.4 is 5.69 Å². The minimum atomic E-state index is -4.45. The number of aromatic nitrogens is 2. The van der Waals surface area contributed by atoms with E-state index in [4.69, 9.17) is 11.6 Å². The number of hydrogen-bond acceptors (Lipinski definition) is 2. The number of alkyl halides is 3. The molecule has 0 fully saturated rings. The maximum Gasteiger partial charge on any atom is 0.416 e. The number of imidazole rings is 1. The van der Waals surface area contributed by atoms with Crippen LogP contribution in [-0.2, 0) is 22.9 Å². The van der Waals surface area contributed by atoms with Gasteiger partial charge in [-0.15, -0.1) is 0 Å². The molecule has 3 rings (SSSR count). The molecule has 1 aromatic heterocycles. The number of H-pyrrole nitrogens is 1. The average Bonchev–Trinajstić information content (AvgIpc) is 3.01. The van der Waals surface area contributed by atoms with E-state index in [2.05, 4.69) is 4.98 Å². The molecular formula is C22H20ClF3N2O2. The molecule has 0 aliphatic rings. The number of benzene rings is 2. The van der Waals surface area contributed by atoms with E-state index >= 15 is 0 Å². The van der Waals surface area contributed by atoms with E-state index in [0.717, 1.165) is 17.7 Å². The molecule has 0 unspecified atom stereocenters. The van der Waals surface area contributed by atoms with Crippen molar-refractivity contribution in [2.24, 2.45) is 0 Å². The van der Waals surface area contributed by atoms with Crippen molar-refractivity contribution in [1.82, 2.24) is 9.55 Å². The van der Waals surface area contributed by atoms with Crippen molar-refractivity contribution in [3.05, 3.63) is 81.4 Å². The maximum atomic E-state index is 13.0. The van der Waals surface area contributed by atoms with Gasteiger partial charge in [-0.2, -0.15) is 13.2 Å². The normalized spacial score (nSPS) is 12.2. The third-order valence-electron chi connectivity index (χ3n) is 4.90. The predicted molar refractivity (Wildman–Crippen MR) is 110 cm³/mol. The molecule has 0 radical (unpaired) electrons. The van der Waals surface area contributed by atoms with Gasteiger partial charge in [0, 0.05) is 17.6 Å². The van der Waals surface area contributed by atoms with Crippen LogP contribution in [0.3, 0.4) is 0 Å². The van der Waals surface area contributed by atoms with Crippen molar-refractivity contribution in [3.63, 3.8) is 0 Å². The second-order valence-electron chi connectivity index (χ2n) is 7.79. The lowest BCUT2D eigenvalue weighted by Gasteiger charge is -2.25. The third-order valence-corrected chi connectivity index (χ3v) is 5.15. The van der Waals surface area contributed by atoms with Crippen LogP contribution in [0, 0.1) is 0 Å². The van der Waals surface area contributed by atoms with E-state index < -0.39 is 22.8 Å². The highest BCUT2D eigenvalue weighted by Crippen LogP contribution is 2.34. The van der Waals surface area contributed by atoms with Gasteiger partial charge in [0.1, 0.15) is 0 Å². The largest absolute Gasteiger partial charge is 0.416 e. The zero-order valence-corrected chi connectivity index (χ0v) is 17.1. The van der Waals surface area contributed by atoms with Gasteiger partial charge >= 0.3 is 11.9 Å². The van der Waals surface area contributed by atoms with Crippen molar-refractivity contribution >= 4 is 17.4 Å². The zero-order chi connectivity index (χ0) is 22.1. The second-order valence-corrected chi connectivity index (χ2v) is 8.22. The fraction of sp³-hybridized carbons (Fsp3) is 0.273. The number of ketones is 1. The lowest BCUT2D eigenvalue weighted by Crippen LogP contribution is -2.27. The maximum absolute atomic E-state index is 13.0. The van der Waals surface area contributed by atoms with Crippen molar-refractivity contribution in [3.8, 4) is 11.3 Å². The Labute approximate surface area is 176 Å². The summed E-state index contributed by atoms with van der Waals surface area (Å²) in [6.45, 7) is 3.24. The number of rotatable bonds is 6. The fourth-order valence-corrected chi connectivity index (χ4v) is 3.41. The molecule has 0 spiro atoms. The van der Waals surface area contributed by atoms with E-state index in [1.807, 2.05) is 0 Å². The Morgan fingerprint density at radius 3 is 2.33 bits per heavy atom. The SMILES string of the molecule is CC(C)(CC(=O)Cn1cc(-c2ccc(Cl)cc2)[nH]c1=O)c1cccc(C(F)(F)F)c1. The highest BCUT2D eigenvalue weighted by atomic mass is 35.5. The number of nitrogens with zero attached hydrogens (tertiary/aromatic N) is 1. The van der Waals surface area contributed by atoms with E-state index in [0.29, 0.717) is 16.3 Å². The third kappa shape index (κ3) is 5.02. The summed E-state index contributed by atoms with van der Waals surface area (Å²) >= 11 is 5.87. The molecule has 2 aromatic carbocycles. The Kier molecular flexibility index (Phi) is 5.94. The van der Waals surface area contributed by atoms with Gasteiger partial charge in [0.15, 0.2) is 5.78 Å². The van der Waals surface area contributed by atoms with Gasteiger partial charge < -0.3 is 4.98 Å². The lowest BCUT2D eigenvalue weighted by molar-refractivity contribution is -0.137. The number of nitrogens with one attached hydrogen (secondary N) is 1. The first-order valence-electron chi connectivity index (χ1n) is 9.20. The summed E-state index contributed by atoms with van der Waals surface area (Å²) in [5.74, 6) is -0.263. The molecule has 4 nitrogen and oxygen atoms in total. The number of carbonyl (C=O) groups excluding carboxylic acids is 1. The van der Waals surface area contributed by atoms with Gasteiger partial charge in [0.25, 0.3) is 0 Å². The molecule has 0 saturated carbocycles. The summed E-state index contributed by atoms with van der Waals surface area (Å²) in [5, 5.41) is 0.563. The summed E-state index contributed by atoms with van der Waals surface area (Å²) in [5.41, 5.74) is -0.320.